The number of para-hydroxylation sites is 2. The van der Waals surface area contributed by atoms with Crippen molar-refractivity contribution >= 4 is 75.1 Å². The first-order valence-corrected chi connectivity index (χ1v) is 16.4. The highest BCUT2D eigenvalue weighted by Crippen LogP contribution is 2.46. The highest BCUT2D eigenvalue weighted by molar-refractivity contribution is 7.25. The van der Waals surface area contributed by atoms with Crippen LogP contribution in [0.4, 0.5) is 0 Å². The number of hydrogen-bond donors (Lipinski definition) is 0. The number of furan rings is 1. The summed E-state index contributed by atoms with van der Waals surface area (Å²) in [6, 6.07) is 54.1. The topological polar surface area (TPSA) is 26.0 Å². The van der Waals surface area contributed by atoms with E-state index in [0.717, 1.165) is 49.5 Å². The maximum Gasteiger partial charge on any atom is 0.136 e. The van der Waals surface area contributed by atoms with Gasteiger partial charge in [0.1, 0.15) is 11.2 Å². The largest absolute Gasteiger partial charge is 0.456 e. The summed E-state index contributed by atoms with van der Waals surface area (Å²) >= 11 is 1.86. The third kappa shape index (κ3) is 3.79. The molecule has 2 nitrogen and oxygen atoms in total. The Bertz CT molecular complexity index is 2790. The zero-order chi connectivity index (χ0) is 30.2. The molecule has 0 atom stereocenters. The third-order valence-electron chi connectivity index (χ3n) is 9.26. The number of hydrogen-bond acceptors (Lipinski definition) is 3. The highest BCUT2D eigenvalue weighted by Gasteiger charge is 2.21. The van der Waals surface area contributed by atoms with E-state index in [-0.39, 0.29) is 0 Å². The number of pyridine rings is 1. The number of nitrogens with zero attached hydrogens (tertiary/aromatic N) is 1. The Balaban J connectivity index is 1.22. The van der Waals surface area contributed by atoms with Gasteiger partial charge in [-0.2, -0.15) is 0 Å². The molecule has 0 bridgehead atoms. The van der Waals surface area contributed by atoms with Gasteiger partial charge in [-0.1, -0.05) is 121 Å². The molecule has 0 amide bonds. The highest BCUT2D eigenvalue weighted by atomic mass is 32.1. The first kappa shape index (κ1) is 25.5. The normalized spacial score (nSPS) is 11.9. The average Bonchev–Trinajstić information content (AvgIpc) is 3.68. The first-order chi connectivity index (χ1) is 22.8. The van der Waals surface area contributed by atoms with Gasteiger partial charge in [-0.05, 0) is 47.0 Å². The molecule has 10 rings (SSSR count). The maximum absolute atomic E-state index is 6.53. The zero-order valence-electron chi connectivity index (χ0n) is 24.7. The smallest absolute Gasteiger partial charge is 0.136 e. The van der Waals surface area contributed by atoms with Gasteiger partial charge in [-0.15, -0.1) is 11.3 Å². The molecule has 214 valence electrons. The predicted octanol–water partition coefficient (Wildman–Crippen LogP) is 12.7. The Morgan fingerprint density at radius 3 is 1.96 bits per heavy atom. The van der Waals surface area contributed by atoms with Gasteiger partial charge in [0, 0.05) is 58.2 Å². The minimum Gasteiger partial charge on any atom is -0.456 e. The fourth-order valence-corrected chi connectivity index (χ4v) is 8.30. The average molecular weight is 604 g/mol. The summed E-state index contributed by atoms with van der Waals surface area (Å²) in [5, 5.41) is 8.34. The van der Waals surface area contributed by atoms with E-state index in [1.165, 1.54) is 47.8 Å². The number of benzene rings is 7. The van der Waals surface area contributed by atoms with Crippen molar-refractivity contribution in [1.29, 1.82) is 0 Å². The molecule has 0 spiro atoms. The van der Waals surface area contributed by atoms with Crippen LogP contribution >= 0.6 is 11.3 Å². The summed E-state index contributed by atoms with van der Waals surface area (Å²) in [5.41, 5.74) is 9.55. The Morgan fingerprint density at radius 1 is 0.413 bits per heavy atom. The lowest BCUT2D eigenvalue weighted by atomic mass is 9.89. The number of aromatic nitrogens is 1. The van der Waals surface area contributed by atoms with Crippen molar-refractivity contribution in [2.75, 3.05) is 0 Å². The summed E-state index contributed by atoms with van der Waals surface area (Å²) in [6.07, 6.45) is 0. The molecule has 0 unspecified atom stereocenters. The summed E-state index contributed by atoms with van der Waals surface area (Å²) in [6.45, 7) is 0. The summed E-state index contributed by atoms with van der Waals surface area (Å²) in [5.74, 6) is 0. The van der Waals surface area contributed by atoms with Crippen molar-refractivity contribution in [2.45, 2.75) is 0 Å². The van der Waals surface area contributed by atoms with Crippen LogP contribution in [0.25, 0.3) is 97.3 Å². The lowest BCUT2D eigenvalue weighted by molar-refractivity contribution is 0.669. The van der Waals surface area contributed by atoms with E-state index in [1.54, 1.807) is 0 Å². The first-order valence-electron chi connectivity index (χ1n) is 15.5. The van der Waals surface area contributed by atoms with E-state index in [9.17, 15) is 0 Å². The van der Waals surface area contributed by atoms with Gasteiger partial charge in [0.25, 0.3) is 0 Å². The molecule has 46 heavy (non-hydrogen) atoms. The van der Waals surface area contributed by atoms with Crippen LogP contribution in [0.2, 0.25) is 0 Å². The zero-order valence-corrected chi connectivity index (χ0v) is 25.5. The number of fused-ring (bicyclic) bond motifs is 9. The molecule has 0 saturated heterocycles. The van der Waals surface area contributed by atoms with Crippen LogP contribution in [0.5, 0.6) is 0 Å². The second kappa shape index (κ2) is 9.87. The minimum atomic E-state index is 0.874. The summed E-state index contributed by atoms with van der Waals surface area (Å²) in [4.78, 5) is 5.30. The van der Waals surface area contributed by atoms with E-state index < -0.39 is 0 Å². The molecule has 0 N–H and O–H groups in total. The van der Waals surface area contributed by atoms with Gasteiger partial charge in [0.05, 0.1) is 11.2 Å². The summed E-state index contributed by atoms with van der Waals surface area (Å²) < 4.78 is 9.17. The maximum atomic E-state index is 6.53. The van der Waals surface area contributed by atoms with Gasteiger partial charge in [-0.3, -0.25) is 0 Å². The molecule has 0 aliphatic heterocycles. The van der Waals surface area contributed by atoms with Gasteiger partial charge >= 0.3 is 0 Å². The molecule has 7 aromatic carbocycles. The van der Waals surface area contributed by atoms with E-state index in [2.05, 4.69) is 146 Å². The fourth-order valence-electron chi connectivity index (χ4n) is 7.16. The second-order valence-corrected chi connectivity index (χ2v) is 13.0. The Labute approximate surface area is 268 Å². The van der Waals surface area contributed by atoms with Crippen molar-refractivity contribution in [3.8, 4) is 33.5 Å². The summed E-state index contributed by atoms with van der Waals surface area (Å²) in [7, 11) is 0. The van der Waals surface area contributed by atoms with Crippen LogP contribution in [0, 0.1) is 0 Å². The molecule has 3 aromatic heterocycles. The molecule has 3 heterocycles. The molecular weight excluding hydrogens is 579 g/mol. The van der Waals surface area contributed by atoms with Crippen LogP contribution in [0.1, 0.15) is 0 Å². The number of rotatable bonds is 3. The van der Waals surface area contributed by atoms with E-state index >= 15 is 0 Å². The van der Waals surface area contributed by atoms with Crippen molar-refractivity contribution in [3.63, 3.8) is 0 Å². The van der Waals surface area contributed by atoms with E-state index in [0.29, 0.717) is 0 Å². The Kier molecular flexibility index (Phi) is 5.48. The van der Waals surface area contributed by atoms with Crippen molar-refractivity contribution in [2.24, 2.45) is 0 Å². The minimum absolute atomic E-state index is 0.874. The second-order valence-electron chi connectivity index (χ2n) is 11.9. The molecule has 0 aliphatic carbocycles. The van der Waals surface area contributed by atoms with Gasteiger partial charge in [0.15, 0.2) is 0 Å². The van der Waals surface area contributed by atoms with Crippen LogP contribution < -0.4 is 0 Å². The van der Waals surface area contributed by atoms with E-state index in [4.69, 9.17) is 9.40 Å². The third-order valence-corrected chi connectivity index (χ3v) is 10.4. The quantitative estimate of drug-likeness (QED) is 0.188. The molecule has 10 aromatic rings. The van der Waals surface area contributed by atoms with Gasteiger partial charge < -0.3 is 4.42 Å². The monoisotopic (exact) mass is 603 g/mol. The van der Waals surface area contributed by atoms with Crippen molar-refractivity contribution in [1.82, 2.24) is 4.98 Å². The van der Waals surface area contributed by atoms with Crippen molar-refractivity contribution in [3.05, 3.63) is 152 Å². The standard InChI is InChI=1S/C43H25NOS/c1-2-10-27(11-3-1)40-41-32-13-4-7-15-35(32)44-43(34(41)25-37-42(40)33-14-5-8-16-36(33)45-37)28-20-18-26(19-21-28)29-22-23-31-30-12-6-9-17-38(30)46-39(31)24-29/h1-25H. The van der Waals surface area contributed by atoms with Crippen LogP contribution in [0.3, 0.4) is 0 Å². The Morgan fingerprint density at radius 2 is 1.09 bits per heavy atom. The van der Waals surface area contributed by atoms with Gasteiger partial charge in [0.2, 0.25) is 0 Å². The lowest BCUT2D eigenvalue weighted by Crippen LogP contribution is -1.93. The predicted molar refractivity (Wildman–Crippen MR) is 196 cm³/mol. The van der Waals surface area contributed by atoms with Crippen LogP contribution in [0.15, 0.2) is 156 Å². The van der Waals surface area contributed by atoms with E-state index in [1.807, 2.05) is 17.4 Å². The molecular formula is C43H25NOS. The molecule has 3 heteroatoms. The van der Waals surface area contributed by atoms with Crippen LogP contribution in [-0.4, -0.2) is 4.98 Å². The molecule has 0 fully saturated rings. The van der Waals surface area contributed by atoms with Gasteiger partial charge in [-0.25, -0.2) is 4.98 Å². The molecule has 0 aliphatic rings. The fraction of sp³-hybridized carbons (Fsp3) is 0. The van der Waals surface area contributed by atoms with Crippen LogP contribution in [-0.2, 0) is 0 Å². The lowest BCUT2D eigenvalue weighted by Gasteiger charge is -2.16. The number of thiophene rings is 1. The Hall–Kier alpha value is -5.77. The SMILES string of the molecule is c1ccc(-c2c3c(cc4c(-c5ccc(-c6ccc7c(c6)sc6ccccc67)cc5)nc5ccccc5c24)oc2ccccc23)cc1. The molecule has 0 saturated carbocycles. The van der Waals surface area contributed by atoms with Crippen molar-refractivity contribution < 1.29 is 4.42 Å². The molecule has 0 radical (unpaired) electrons.